The summed E-state index contributed by atoms with van der Waals surface area (Å²) < 4.78 is 39.1. The highest BCUT2D eigenvalue weighted by Gasteiger charge is 2.20. The molecule has 1 aromatic rings. The summed E-state index contributed by atoms with van der Waals surface area (Å²) in [5, 5.41) is 8.44. The maximum Gasteiger partial charge on any atom is 0.304 e. The predicted molar refractivity (Wildman–Crippen MR) is 63.3 cm³/mol. The number of hydrogen-bond donors (Lipinski definition) is 2. The Labute approximate surface area is 105 Å². The van der Waals surface area contributed by atoms with E-state index in [0.29, 0.717) is 0 Å². The lowest BCUT2D eigenvalue weighted by molar-refractivity contribution is -0.136. The molecule has 0 fully saturated rings. The van der Waals surface area contributed by atoms with Gasteiger partial charge in [-0.25, -0.2) is 17.5 Å². The van der Waals surface area contributed by atoms with Crippen LogP contribution in [0.3, 0.4) is 0 Å². The highest BCUT2D eigenvalue weighted by molar-refractivity contribution is 7.89. The van der Waals surface area contributed by atoms with Gasteiger partial charge in [0.1, 0.15) is 5.82 Å². The number of benzene rings is 1. The molecule has 0 unspecified atom stereocenters. The van der Waals surface area contributed by atoms with Crippen LogP contribution >= 0.6 is 0 Å². The average molecular weight is 275 g/mol. The van der Waals surface area contributed by atoms with E-state index in [1.165, 1.54) is 13.8 Å². The van der Waals surface area contributed by atoms with Crippen molar-refractivity contribution in [1.82, 2.24) is 4.72 Å². The quantitative estimate of drug-likeness (QED) is 0.845. The summed E-state index contributed by atoms with van der Waals surface area (Å²) in [6.45, 7) is 2.78. The van der Waals surface area contributed by atoms with Crippen LogP contribution in [0.5, 0.6) is 0 Å². The average Bonchev–Trinajstić information content (AvgIpc) is 2.13. The minimum Gasteiger partial charge on any atom is -0.481 e. The minimum absolute atomic E-state index is 0.00529. The van der Waals surface area contributed by atoms with Gasteiger partial charge in [0.2, 0.25) is 10.0 Å². The van der Waals surface area contributed by atoms with E-state index in [9.17, 15) is 17.6 Å². The number of nitrogens with one attached hydrogen (secondary N) is 1. The highest BCUT2D eigenvalue weighted by Crippen LogP contribution is 2.21. The van der Waals surface area contributed by atoms with Crippen LogP contribution in [-0.4, -0.2) is 26.0 Å². The molecule has 0 aliphatic carbocycles. The van der Waals surface area contributed by atoms with Crippen LogP contribution in [0.25, 0.3) is 0 Å². The van der Waals surface area contributed by atoms with Gasteiger partial charge in [0.15, 0.2) is 0 Å². The first-order valence-corrected chi connectivity index (χ1v) is 6.70. The smallest absolute Gasteiger partial charge is 0.304 e. The molecular formula is C11H14FNO4S. The van der Waals surface area contributed by atoms with Crippen molar-refractivity contribution in [1.29, 1.82) is 0 Å². The van der Waals surface area contributed by atoms with Gasteiger partial charge in [-0.15, -0.1) is 0 Å². The van der Waals surface area contributed by atoms with Crippen LogP contribution in [-0.2, 0) is 14.8 Å². The third-order valence-electron chi connectivity index (χ3n) is 2.32. The van der Waals surface area contributed by atoms with Crippen molar-refractivity contribution in [3.8, 4) is 0 Å². The van der Waals surface area contributed by atoms with Crippen LogP contribution in [0.1, 0.15) is 17.5 Å². The Morgan fingerprint density at radius 3 is 2.28 bits per heavy atom. The highest BCUT2D eigenvalue weighted by atomic mass is 32.2. The molecule has 18 heavy (non-hydrogen) atoms. The van der Waals surface area contributed by atoms with Gasteiger partial charge in [-0.3, -0.25) is 4.79 Å². The van der Waals surface area contributed by atoms with Crippen LogP contribution in [0.4, 0.5) is 4.39 Å². The number of aliphatic carboxylic acids is 1. The summed E-state index contributed by atoms with van der Waals surface area (Å²) in [5.74, 6) is -1.60. The van der Waals surface area contributed by atoms with Gasteiger partial charge in [0.05, 0.1) is 11.3 Å². The lowest BCUT2D eigenvalue weighted by atomic mass is 10.1. The number of carbonyl (C=O) groups is 1. The zero-order valence-corrected chi connectivity index (χ0v) is 10.8. The second kappa shape index (κ2) is 5.45. The number of sulfonamides is 1. The molecular weight excluding hydrogens is 261 g/mol. The van der Waals surface area contributed by atoms with E-state index in [4.69, 9.17) is 5.11 Å². The second-order valence-electron chi connectivity index (χ2n) is 3.91. The van der Waals surface area contributed by atoms with E-state index in [1.54, 1.807) is 0 Å². The van der Waals surface area contributed by atoms with Crippen molar-refractivity contribution in [2.75, 3.05) is 6.54 Å². The summed E-state index contributed by atoms with van der Waals surface area (Å²) in [5.41, 5.74) is 0.575. The summed E-state index contributed by atoms with van der Waals surface area (Å²) in [6, 6.07) is 2.25. The molecule has 100 valence electrons. The minimum atomic E-state index is -3.81. The number of halogens is 1. The Morgan fingerprint density at radius 2 is 1.83 bits per heavy atom. The van der Waals surface area contributed by atoms with Crippen LogP contribution in [0.2, 0.25) is 0 Å². The zero-order valence-electron chi connectivity index (χ0n) is 10.0. The summed E-state index contributed by atoms with van der Waals surface area (Å²) in [4.78, 5) is 10.3. The maximum absolute atomic E-state index is 13.1. The monoisotopic (exact) mass is 275 g/mol. The van der Waals surface area contributed by atoms with Crippen molar-refractivity contribution in [2.45, 2.75) is 25.2 Å². The molecule has 0 saturated heterocycles. The van der Waals surface area contributed by atoms with Crippen LogP contribution in [0.15, 0.2) is 17.0 Å². The first-order valence-electron chi connectivity index (χ1n) is 5.22. The van der Waals surface area contributed by atoms with Gasteiger partial charge in [-0.05, 0) is 37.1 Å². The van der Waals surface area contributed by atoms with E-state index in [-0.39, 0.29) is 29.0 Å². The molecule has 0 heterocycles. The fourth-order valence-corrected chi connectivity index (χ4v) is 3.17. The molecule has 0 aliphatic rings. The second-order valence-corrected chi connectivity index (χ2v) is 5.61. The van der Waals surface area contributed by atoms with Gasteiger partial charge in [-0.2, -0.15) is 0 Å². The van der Waals surface area contributed by atoms with Crippen LogP contribution in [0, 0.1) is 19.7 Å². The molecule has 2 N–H and O–H groups in total. The third-order valence-corrected chi connectivity index (χ3v) is 4.09. The number of rotatable bonds is 5. The van der Waals surface area contributed by atoms with E-state index < -0.39 is 21.8 Å². The molecule has 0 saturated carbocycles. The lowest BCUT2D eigenvalue weighted by Crippen LogP contribution is -2.27. The van der Waals surface area contributed by atoms with Gasteiger partial charge >= 0.3 is 5.97 Å². The predicted octanol–water partition coefficient (Wildman–Crippen LogP) is 1.20. The number of carboxylic acid groups (broad SMARTS) is 1. The first kappa shape index (κ1) is 14.6. The first-order chi connectivity index (χ1) is 8.24. The fourth-order valence-electron chi connectivity index (χ4n) is 1.69. The summed E-state index contributed by atoms with van der Waals surface area (Å²) in [6.07, 6.45) is -0.307. The zero-order chi connectivity index (χ0) is 13.9. The number of hydrogen-bond acceptors (Lipinski definition) is 3. The molecule has 5 nitrogen and oxygen atoms in total. The number of aryl methyl sites for hydroxylation is 2. The molecule has 0 aliphatic heterocycles. The molecule has 0 aromatic heterocycles. The summed E-state index contributed by atoms with van der Waals surface area (Å²) >= 11 is 0. The van der Waals surface area contributed by atoms with E-state index in [1.807, 2.05) is 0 Å². The number of carboxylic acids is 1. The molecule has 0 bridgehead atoms. The SMILES string of the molecule is Cc1cc(F)cc(C)c1S(=O)(=O)NCCC(=O)O. The van der Waals surface area contributed by atoms with E-state index >= 15 is 0 Å². The molecule has 0 spiro atoms. The van der Waals surface area contributed by atoms with Crippen LogP contribution < -0.4 is 4.72 Å². The Hall–Kier alpha value is -1.47. The van der Waals surface area contributed by atoms with Crippen molar-refractivity contribution >= 4 is 16.0 Å². The van der Waals surface area contributed by atoms with Crippen molar-refractivity contribution in [3.63, 3.8) is 0 Å². The Morgan fingerprint density at radius 1 is 1.33 bits per heavy atom. The normalized spacial score (nSPS) is 11.5. The van der Waals surface area contributed by atoms with Gasteiger partial charge < -0.3 is 5.11 Å². The fraction of sp³-hybridized carbons (Fsp3) is 0.364. The van der Waals surface area contributed by atoms with Crippen molar-refractivity contribution in [2.24, 2.45) is 0 Å². The Kier molecular flexibility index (Phi) is 4.42. The van der Waals surface area contributed by atoms with Gasteiger partial charge in [0.25, 0.3) is 0 Å². The molecule has 1 aromatic carbocycles. The van der Waals surface area contributed by atoms with Gasteiger partial charge in [-0.1, -0.05) is 0 Å². The molecule has 7 heteroatoms. The van der Waals surface area contributed by atoms with E-state index in [0.717, 1.165) is 12.1 Å². The molecule has 0 radical (unpaired) electrons. The lowest BCUT2D eigenvalue weighted by Gasteiger charge is -2.11. The van der Waals surface area contributed by atoms with Crippen molar-refractivity contribution < 1.29 is 22.7 Å². The largest absolute Gasteiger partial charge is 0.481 e. The molecule has 0 atom stereocenters. The topological polar surface area (TPSA) is 83.5 Å². The Balaban J connectivity index is 3.02. The van der Waals surface area contributed by atoms with Gasteiger partial charge in [0, 0.05) is 6.54 Å². The Bertz CT molecular complexity index is 545. The van der Waals surface area contributed by atoms with E-state index in [2.05, 4.69) is 4.72 Å². The standard InChI is InChI=1S/C11H14FNO4S/c1-7-5-9(12)6-8(2)11(7)18(16,17)13-4-3-10(14)15/h5-6,13H,3-4H2,1-2H3,(H,14,15). The summed E-state index contributed by atoms with van der Waals surface area (Å²) in [7, 11) is -3.81. The molecule has 0 amide bonds. The molecule has 1 rings (SSSR count). The van der Waals surface area contributed by atoms with Crippen molar-refractivity contribution in [3.05, 3.63) is 29.1 Å². The third kappa shape index (κ3) is 3.51. The maximum atomic E-state index is 13.1.